The fourth-order valence-electron chi connectivity index (χ4n) is 4.36. The summed E-state index contributed by atoms with van der Waals surface area (Å²) in [4.78, 5) is 16.2. The van der Waals surface area contributed by atoms with E-state index in [0.29, 0.717) is 35.9 Å². The number of rotatable bonds is 8. The molecule has 4 rings (SSSR count). The van der Waals surface area contributed by atoms with Gasteiger partial charge in [-0.2, -0.15) is 5.10 Å². The standard InChI is InChI=1S/C25H29FN4O2/c1-4-29-15-18(12-24(29)31)14-28(2)16-19-17-30(20-8-6-5-7-9-20)27-25(19)22-11-10-21(32-3)13-23(22)26/h5-11,13,17-18H,4,12,14-16H2,1-3H3/t18-/m1/s1. The molecule has 3 aromatic rings. The monoisotopic (exact) mass is 436 g/mol. The third-order valence-electron chi connectivity index (χ3n) is 5.93. The molecule has 0 N–H and O–H groups in total. The highest BCUT2D eigenvalue weighted by Gasteiger charge is 2.29. The lowest BCUT2D eigenvalue weighted by Crippen LogP contribution is -2.28. The van der Waals surface area contributed by atoms with Crippen LogP contribution in [0.5, 0.6) is 5.75 Å². The molecule has 1 aliphatic rings. The quantitative estimate of drug-likeness (QED) is 0.536. The summed E-state index contributed by atoms with van der Waals surface area (Å²) in [6.07, 6.45) is 2.55. The number of benzene rings is 2. The van der Waals surface area contributed by atoms with Gasteiger partial charge in [-0.15, -0.1) is 0 Å². The lowest BCUT2D eigenvalue weighted by Gasteiger charge is -2.21. The molecule has 32 heavy (non-hydrogen) atoms. The summed E-state index contributed by atoms with van der Waals surface area (Å²) < 4.78 is 21.9. The number of carbonyl (C=O) groups excluding carboxylic acids is 1. The van der Waals surface area contributed by atoms with Gasteiger partial charge in [-0.1, -0.05) is 18.2 Å². The summed E-state index contributed by atoms with van der Waals surface area (Å²) in [5.41, 5.74) is 2.89. The SMILES string of the molecule is CCN1C[C@@H](CN(C)Cc2cn(-c3ccccc3)nc2-c2ccc(OC)cc2F)CC1=O. The minimum atomic E-state index is -0.369. The number of carbonyl (C=O) groups is 1. The molecular weight excluding hydrogens is 407 g/mol. The van der Waals surface area contributed by atoms with Crippen LogP contribution in [0.4, 0.5) is 4.39 Å². The van der Waals surface area contributed by atoms with Crippen LogP contribution in [-0.4, -0.2) is 59.3 Å². The Morgan fingerprint density at radius 1 is 1.22 bits per heavy atom. The van der Waals surface area contributed by atoms with Crippen LogP contribution in [0.2, 0.25) is 0 Å². The fourth-order valence-corrected chi connectivity index (χ4v) is 4.36. The van der Waals surface area contributed by atoms with Crippen molar-refractivity contribution < 1.29 is 13.9 Å². The second-order valence-electron chi connectivity index (χ2n) is 8.33. The number of halogens is 1. The van der Waals surface area contributed by atoms with E-state index in [4.69, 9.17) is 9.84 Å². The van der Waals surface area contributed by atoms with Crippen molar-refractivity contribution in [2.45, 2.75) is 19.9 Å². The molecule has 7 heteroatoms. The molecular formula is C25H29FN4O2. The first kappa shape index (κ1) is 22.0. The lowest BCUT2D eigenvalue weighted by atomic mass is 10.1. The molecule has 168 valence electrons. The molecule has 1 atom stereocenters. The maximum Gasteiger partial charge on any atom is 0.222 e. The van der Waals surface area contributed by atoms with Crippen molar-refractivity contribution in [3.8, 4) is 22.7 Å². The van der Waals surface area contributed by atoms with E-state index in [1.165, 1.54) is 13.2 Å². The number of aromatic nitrogens is 2. The second kappa shape index (κ2) is 9.53. The van der Waals surface area contributed by atoms with E-state index in [2.05, 4.69) is 4.90 Å². The molecule has 0 aliphatic carbocycles. The van der Waals surface area contributed by atoms with Crippen molar-refractivity contribution in [2.24, 2.45) is 5.92 Å². The van der Waals surface area contributed by atoms with Crippen molar-refractivity contribution in [1.29, 1.82) is 0 Å². The number of hydrogen-bond acceptors (Lipinski definition) is 4. The molecule has 1 fully saturated rings. The second-order valence-corrected chi connectivity index (χ2v) is 8.33. The smallest absolute Gasteiger partial charge is 0.222 e. The minimum absolute atomic E-state index is 0.226. The molecule has 0 unspecified atom stereocenters. The van der Waals surface area contributed by atoms with Gasteiger partial charge in [0.25, 0.3) is 0 Å². The third-order valence-corrected chi connectivity index (χ3v) is 5.93. The Bertz CT molecular complexity index is 1080. The number of para-hydroxylation sites is 1. The fraction of sp³-hybridized carbons (Fsp3) is 0.360. The molecule has 0 radical (unpaired) electrons. The van der Waals surface area contributed by atoms with Crippen LogP contribution < -0.4 is 4.74 Å². The Kier molecular flexibility index (Phi) is 6.55. The van der Waals surface area contributed by atoms with Crippen LogP contribution in [0.15, 0.2) is 54.7 Å². The number of amides is 1. The van der Waals surface area contributed by atoms with Crippen LogP contribution in [0.3, 0.4) is 0 Å². The molecule has 6 nitrogen and oxygen atoms in total. The molecule has 1 aliphatic heterocycles. The van der Waals surface area contributed by atoms with Crippen molar-refractivity contribution >= 4 is 5.91 Å². The van der Waals surface area contributed by atoms with Gasteiger partial charge in [-0.3, -0.25) is 4.79 Å². The molecule has 0 saturated carbocycles. The first-order valence-corrected chi connectivity index (χ1v) is 10.9. The van der Waals surface area contributed by atoms with E-state index in [0.717, 1.165) is 30.9 Å². The number of ether oxygens (including phenoxy) is 1. The maximum atomic E-state index is 14.9. The van der Waals surface area contributed by atoms with E-state index in [1.54, 1.807) is 16.8 Å². The van der Waals surface area contributed by atoms with Gasteiger partial charge in [0.05, 0.1) is 12.8 Å². The van der Waals surface area contributed by atoms with Gasteiger partial charge in [-0.25, -0.2) is 9.07 Å². The van der Waals surface area contributed by atoms with Gasteiger partial charge in [0.15, 0.2) is 0 Å². The zero-order chi connectivity index (χ0) is 22.7. The number of hydrogen-bond donors (Lipinski definition) is 0. The first-order valence-electron chi connectivity index (χ1n) is 10.9. The average molecular weight is 437 g/mol. The van der Waals surface area contributed by atoms with Crippen LogP contribution in [0.25, 0.3) is 16.9 Å². The Morgan fingerprint density at radius 2 is 2.00 bits per heavy atom. The molecule has 1 amide bonds. The summed E-state index contributed by atoms with van der Waals surface area (Å²) >= 11 is 0. The Labute approximate surface area is 188 Å². The van der Waals surface area contributed by atoms with Crippen LogP contribution in [-0.2, 0) is 11.3 Å². The van der Waals surface area contributed by atoms with Gasteiger partial charge < -0.3 is 14.5 Å². The highest BCUT2D eigenvalue weighted by atomic mass is 19.1. The van der Waals surface area contributed by atoms with Crippen LogP contribution >= 0.6 is 0 Å². The average Bonchev–Trinajstić information content (AvgIpc) is 3.36. The summed E-state index contributed by atoms with van der Waals surface area (Å²) in [6, 6.07) is 14.6. The first-order chi connectivity index (χ1) is 15.5. The van der Waals surface area contributed by atoms with Crippen molar-refractivity contribution in [2.75, 3.05) is 33.8 Å². The Morgan fingerprint density at radius 3 is 2.66 bits per heavy atom. The van der Waals surface area contributed by atoms with Gasteiger partial charge in [-0.05, 0) is 44.2 Å². The predicted octanol–water partition coefficient (Wildman–Crippen LogP) is 3.99. The minimum Gasteiger partial charge on any atom is -0.497 e. The van der Waals surface area contributed by atoms with Gasteiger partial charge in [0.2, 0.25) is 5.91 Å². The number of nitrogens with zero attached hydrogens (tertiary/aromatic N) is 4. The van der Waals surface area contributed by atoms with Crippen LogP contribution in [0, 0.1) is 11.7 Å². The Balaban J connectivity index is 1.61. The Hall–Kier alpha value is -3.19. The molecule has 0 bridgehead atoms. The van der Waals surface area contributed by atoms with Gasteiger partial charge >= 0.3 is 0 Å². The zero-order valence-electron chi connectivity index (χ0n) is 18.8. The van der Waals surface area contributed by atoms with E-state index in [-0.39, 0.29) is 11.7 Å². The zero-order valence-corrected chi connectivity index (χ0v) is 18.8. The molecule has 1 aromatic heterocycles. The largest absolute Gasteiger partial charge is 0.497 e. The summed E-state index contributed by atoms with van der Waals surface area (Å²) in [7, 11) is 3.56. The highest BCUT2D eigenvalue weighted by Crippen LogP contribution is 2.30. The lowest BCUT2D eigenvalue weighted by molar-refractivity contribution is -0.127. The normalized spacial score (nSPS) is 16.2. The summed E-state index contributed by atoms with van der Waals surface area (Å²) in [6.45, 7) is 4.96. The van der Waals surface area contributed by atoms with E-state index in [9.17, 15) is 9.18 Å². The number of likely N-dealkylation sites (tertiary alicyclic amines) is 1. The van der Waals surface area contributed by atoms with Crippen molar-refractivity contribution in [1.82, 2.24) is 19.6 Å². The van der Waals surface area contributed by atoms with Crippen LogP contribution in [0.1, 0.15) is 18.9 Å². The highest BCUT2D eigenvalue weighted by molar-refractivity contribution is 5.78. The molecule has 2 aromatic carbocycles. The van der Waals surface area contributed by atoms with E-state index >= 15 is 0 Å². The van der Waals surface area contributed by atoms with Crippen molar-refractivity contribution in [3.63, 3.8) is 0 Å². The topological polar surface area (TPSA) is 50.6 Å². The molecule has 1 saturated heterocycles. The number of methoxy groups -OCH3 is 1. The third kappa shape index (κ3) is 4.67. The molecule has 2 heterocycles. The van der Waals surface area contributed by atoms with Crippen molar-refractivity contribution in [3.05, 3.63) is 66.1 Å². The maximum absolute atomic E-state index is 14.9. The summed E-state index contributed by atoms with van der Waals surface area (Å²) in [5, 5.41) is 4.74. The van der Waals surface area contributed by atoms with Gasteiger partial charge in [0, 0.05) is 56.0 Å². The van der Waals surface area contributed by atoms with E-state index in [1.807, 2.05) is 55.4 Å². The predicted molar refractivity (Wildman–Crippen MR) is 122 cm³/mol. The molecule has 0 spiro atoms. The summed E-state index contributed by atoms with van der Waals surface area (Å²) in [5.74, 6) is 0.631. The van der Waals surface area contributed by atoms with Gasteiger partial charge in [0.1, 0.15) is 17.3 Å². The van der Waals surface area contributed by atoms with E-state index < -0.39 is 0 Å².